The van der Waals surface area contributed by atoms with Crippen LogP contribution >= 0.6 is 15.9 Å². The molecule has 0 spiro atoms. The summed E-state index contributed by atoms with van der Waals surface area (Å²) in [5, 5.41) is 9.04. The molecule has 0 amide bonds. The fourth-order valence-electron chi connectivity index (χ4n) is 1.45. The van der Waals surface area contributed by atoms with Crippen LogP contribution < -0.4 is 4.74 Å². The number of pyridine rings is 1. The fourth-order valence-corrected chi connectivity index (χ4v) is 2.02. The van der Waals surface area contributed by atoms with Crippen molar-refractivity contribution in [1.29, 1.82) is 0 Å². The predicted molar refractivity (Wildman–Crippen MR) is 70.1 cm³/mol. The summed E-state index contributed by atoms with van der Waals surface area (Å²) in [4.78, 5) is 14.9. The second-order valence-electron chi connectivity index (χ2n) is 3.71. The van der Waals surface area contributed by atoms with Gasteiger partial charge in [0.2, 0.25) is 0 Å². The molecule has 0 aliphatic rings. The molecule has 1 aromatic heterocycles. The molecule has 0 radical (unpaired) electrons. The minimum absolute atomic E-state index is 0.0810. The van der Waals surface area contributed by atoms with E-state index in [0.717, 1.165) is 10.0 Å². The summed E-state index contributed by atoms with van der Waals surface area (Å²) in [6.07, 6.45) is 2.80. The number of halogens is 1. The van der Waals surface area contributed by atoms with E-state index >= 15 is 0 Å². The third-order valence-corrected chi connectivity index (χ3v) is 2.94. The first-order valence-corrected chi connectivity index (χ1v) is 5.98. The lowest BCUT2D eigenvalue weighted by Crippen LogP contribution is -2.00. The summed E-state index contributed by atoms with van der Waals surface area (Å²) in [7, 11) is 0. The second-order valence-corrected chi connectivity index (χ2v) is 4.57. The Morgan fingerprint density at radius 2 is 2.11 bits per heavy atom. The van der Waals surface area contributed by atoms with Crippen LogP contribution in [0.1, 0.15) is 15.9 Å². The lowest BCUT2D eigenvalue weighted by molar-refractivity contribution is 0.0694. The highest BCUT2D eigenvalue weighted by atomic mass is 79.9. The van der Waals surface area contributed by atoms with Crippen LogP contribution in [0.2, 0.25) is 0 Å². The molecule has 0 aliphatic heterocycles. The maximum atomic E-state index is 11.0. The molecule has 2 rings (SSSR count). The highest BCUT2D eigenvalue weighted by Gasteiger charge is 2.12. The topological polar surface area (TPSA) is 59.4 Å². The molecule has 0 saturated heterocycles. The van der Waals surface area contributed by atoms with E-state index in [1.807, 2.05) is 19.1 Å². The molecule has 0 aliphatic carbocycles. The quantitative estimate of drug-likeness (QED) is 0.940. The Labute approximate surface area is 112 Å². The van der Waals surface area contributed by atoms with E-state index in [0.29, 0.717) is 5.75 Å². The molecule has 1 N–H and O–H groups in total. The van der Waals surface area contributed by atoms with E-state index in [1.54, 1.807) is 6.07 Å². The number of aromatic carboxylic acids is 1. The average Bonchev–Trinajstić information content (AvgIpc) is 2.33. The zero-order valence-corrected chi connectivity index (χ0v) is 11.1. The first-order valence-electron chi connectivity index (χ1n) is 5.19. The third-order valence-electron chi connectivity index (χ3n) is 2.32. The summed E-state index contributed by atoms with van der Waals surface area (Å²) >= 11 is 3.37. The molecule has 1 heterocycles. The van der Waals surface area contributed by atoms with E-state index in [4.69, 9.17) is 9.84 Å². The summed E-state index contributed by atoms with van der Waals surface area (Å²) in [6.45, 7) is 1.96. The number of carboxylic acid groups (broad SMARTS) is 1. The van der Waals surface area contributed by atoms with Gasteiger partial charge in [-0.2, -0.15) is 0 Å². The van der Waals surface area contributed by atoms with E-state index in [2.05, 4.69) is 20.9 Å². The molecule has 4 nitrogen and oxygen atoms in total. The van der Waals surface area contributed by atoms with E-state index < -0.39 is 5.97 Å². The number of ether oxygens (including phenoxy) is 1. The monoisotopic (exact) mass is 307 g/mol. The highest BCUT2D eigenvalue weighted by Crippen LogP contribution is 2.31. The number of nitrogens with zero attached hydrogens (tertiary/aromatic N) is 1. The van der Waals surface area contributed by atoms with Crippen molar-refractivity contribution in [3.63, 3.8) is 0 Å². The smallest absolute Gasteiger partial charge is 0.339 e. The number of aryl methyl sites for hydroxylation is 1. The lowest BCUT2D eigenvalue weighted by atomic mass is 10.2. The molecular weight excluding hydrogens is 298 g/mol. The summed E-state index contributed by atoms with van der Waals surface area (Å²) < 4.78 is 6.33. The fraction of sp³-hybridized carbons (Fsp3) is 0.0769. The van der Waals surface area contributed by atoms with Crippen LogP contribution in [0, 0.1) is 6.92 Å². The van der Waals surface area contributed by atoms with Gasteiger partial charge in [0, 0.05) is 6.20 Å². The molecule has 0 unspecified atom stereocenters. The van der Waals surface area contributed by atoms with Gasteiger partial charge in [0.05, 0.1) is 10.7 Å². The van der Waals surface area contributed by atoms with Crippen LogP contribution in [0.3, 0.4) is 0 Å². The first-order chi connectivity index (χ1) is 8.58. The SMILES string of the molecule is Cc1ccc(Oc2cnccc2C(=O)O)c(Br)c1. The highest BCUT2D eigenvalue weighted by molar-refractivity contribution is 9.10. The van der Waals surface area contributed by atoms with Crippen LogP contribution in [0.4, 0.5) is 0 Å². The summed E-state index contributed by atoms with van der Waals surface area (Å²) in [5.41, 5.74) is 1.16. The van der Waals surface area contributed by atoms with Crippen LogP contribution in [0.25, 0.3) is 0 Å². The summed E-state index contributed by atoms with van der Waals surface area (Å²) in [6, 6.07) is 6.96. The van der Waals surface area contributed by atoms with E-state index in [-0.39, 0.29) is 11.3 Å². The Bertz CT molecular complexity index is 599. The van der Waals surface area contributed by atoms with Crippen molar-refractivity contribution in [2.24, 2.45) is 0 Å². The van der Waals surface area contributed by atoms with Crippen molar-refractivity contribution in [3.05, 3.63) is 52.3 Å². The Balaban J connectivity index is 2.37. The molecule has 1 aromatic carbocycles. The molecule has 92 valence electrons. The molecule has 0 bridgehead atoms. The van der Waals surface area contributed by atoms with Gasteiger partial charge in [-0.05, 0) is 46.6 Å². The Morgan fingerprint density at radius 1 is 1.33 bits per heavy atom. The Morgan fingerprint density at radius 3 is 2.78 bits per heavy atom. The minimum atomic E-state index is -1.05. The zero-order chi connectivity index (χ0) is 13.1. The largest absolute Gasteiger partial charge is 0.478 e. The average molecular weight is 308 g/mol. The first kappa shape index (κ1) is 12.6. The normalized spacial score (nSPS) is 10.1. The molecular formula is C13H10BrNO3. The second kappa shape index (κ2) is 5.18. The lowest BCUT2D eigenvalue weighted by Gasteiger charge is -2.09. The van der Waals surface area contributed by atoms with Gasteiger partial charge in [0.1, 0.15) is 11.3 Å². The number of aromatic nitrogens is 1. The number of carbonyl (C=O) groups is 1. The number of hydrogen-bond donors (Lipinski definition) is 1. The summed E-state index contributed by atoms with van der Waals surface area (Å²) in [5.74, 6) is -0.277. The molecule has 5 heteroatoms. The van der Waals surface area contributed by atoms with Gasteiger partial charge in [-0.15, -0.1) is 0 Å². The van der Waals surface area contributed by atoms with Gasteiger partial charge in [0.25, 0.3) is 0 Å². The number of carboxylic acids is 1. The number of rotatable bonds is 3. The maximum Gasteiger partial charge on any atom is 0.339 e. The van der Waals surface area contributed by atoms with Crippen molar-refractivity contribution < 1.29 is 14.6 Å². The molecule has 0 atom stereocenters. The molecule has 2 aromatic rings. The van der Waals surface area contributed by atoms with Crippen molar-refractivity contribution in [2.45, 2.75) is 6.92 Å². The van der Waals surface area contributed by atoms with Crippen LogP contribution in [-0.2, 0) is 0 Å². The van der Waals surface area contributed by atoms with Gasteiger partial charge >= 0.3 is 5.97 Å². The maximum absolute atomic E-state index is 11.0. The van der Waals surface area contributed by atoms with Gasteiger partial charge in [-0.1, -0.05) is 6.07 Å². The predicted octanol–water partition coefficient (Wildman–Crippen LogP) is 3.64. The zero-order valence-electron chi connectivity index (χ0n) is 9.55. The number of hydrogen-bond acceptors (Lipinski definition) is 3. The van der Waals surface area contributed by atoms with Gasteiger partial charge < -0.3 is 9.84 Å². The van der Waals surface area contributed by atoms with Gasteiger partial charge in [0.15, 0.2) is 5.75 Å². The Kier molecular flexibility index (Phi) is 3.62. The third kappa shape index (κ3) is 2.68. The van der Waals surface area contributed by atoms with Crippen molar-refractivity contribution in [2.75, 3.05) is 0 Å². The van der Waals surface area contributed by atoms with Crippen molar-refractivity contribution >= 4 is 21.9 Å². The van der Waals surface area contributed by atoms with Crippen LogP contribution in [0.15, 0.2) is 41.1 Å². The minimum Gasteiger partial charge on any atom is -0.478 e. The van der Waals surface area contributed by atoms with E-state index in [1.165, 1.54) is 18.5 Å². The van der Waals surface area contributed by atoms with Gasteiger partial charge in [-0.25, -0.2) is 4.79 Å². The Hall–Kier alpha value is -1.88. The number of benzene rings is 1. The van der Waals surface area contributed by atoms with Crippen molar-refractivity contribution in [3.8, 4) is 11.5 Å². The molecule has 18 heavy (non-hydrogen) atoms. The van der Waals surface area contributed by atoms with E-state index in [9.17, 15) is 4.79 Å². The standard InChI is InChI=1S/C13H10BrNO3/c1-8-2-3-11(10(14)6-8)18-12-7-15-5-4-9(12)13(16)17/h2-7H,1H3,(H,16,17). The molecule has 0 saturated carbocycles. The van der Waals surface area contributed by atoms with Crippen LogP contribution in [-0.4, -0.2) is 16.1 Å². The van der Waals surface area contributed by atoms with Crippen molar-refractivity contribution in [1.82, 2.24) is 4.98 Å². The molecule has 0 fully saturated rings. The van der Waals surface area contributed by atoms with Crippen LogP contribution in [0.5, 0.6) is 11.5 Å². The van der Waals surface area contributed by atoms with Gasteiger partial charge in [-0.3, -0.25) is 4.98 Å².